The van der Waals surface area contributed by atoms with Crippen LogP contribution in [0.5, 0.6) is 11.5 Å². The van der Waals surface area contributed by atoms with Crippen molar-refractivity contribution in [3.8, 4) is 11.5 Å². The zero-order valence-electron chi connectivity index (χ0n) is 15.8. The molecule has 1 aliphatic rings. The molecule has 27 heavy (non-hydrogen) atoms. The molecule has 0 spiro atoms. The number of para-hydroxylation sites is 1. The van der Waals surface area contributed by atoms with Gasteiger partial charge in [-0.3, -0.25) is 9.69 Å². The lowest BCUT2D eigenvalue weighted by molar-refractivity contribution is -0.113. The predicted molar refractivity (Wildman–Crippen MR) is 111 cm³/mol. The van der Waals surface area contributed by atoms with Gasteiger partial charge in [0, 0.05) is 0 Å². The average Bonchev–Trinajstić information content (AvgIpc) is 2.90. The number of carbonyl (C=O) groups is 1. The van der Waals surface area contributed by atoms with Gasteiger partial charge in [0.1, 0.15) is 5.70 Å². The highest BCUT2D eigenvalue weighted by Crippen LogP contribution is 2.31. The van der Waals surface area contributed by atoms with Gasteiger partial charge in [-0.25, -0.2) is 0 Å². The SMILES string of the molecule is COc1cc(/C=C2\NC(=S)N(c3ccccc3C)C2=O)ccc1OC(C)C. The minimum atomic E-state index is -0.184. The molecule has 2 aromatic rings. The van der Waals surface area contributed by atoms with Gasteiger partial charge in [0.25, 0.3) is 5.91 Å². The summed E-state index contributed by atoms with van der Waals surface area (Å²) in [5.74, 6) is 1.09. The summed E-state index contributed by atoms with van der Waals surface area (Å²) in [6.07, 6.45) is 1.80. The smallest absolute Gasteiger partial charge is 0.281 e. The molecular formula is C21H22N2O3S. The van der Waals surface area contributed by atoms with Crippen molar-refractivity contribution in [2.45, 2.75) is 26.9 Å². The average molecular weight is 382 g/mol. The van der Waals surface area contributed by atoms with E-state index in [0.717, 1.165) is 16.8 Å². The number of thiocarbonyl (C=S) groups is 1. The molecule has 0 saturated carbocycles. The summed E-state index contributed by atoms with van der Waals surface area (Å²) < 4.78 is 11.1. The van der Waals surface area contributed by atoms with E-state index in [0.29, 0.717) is 22.3 Å². The summed E-state index contributed by atoms with van der Waals surface area (Å²) in [5, 5.41) is 3.38. The molecular weight excluding hydrogens is 360 g/mol. The highest BCUT2D eigenvalue weighted by Gasteiger charge is 2.32. The maximum Gasteiger partial charge on any atom is 0.281 e. The van der Waals surface area contributed by atoms with E-state index in [1.54, 1.807) is 13.2 Å². The van der Waals surface area contributed by atoms with Crippen LogP contribution in [0.2, 0.25) is 0 Å². The van der Waals surface area contributed by atoms with Gasteiger partial charge in [-0.1, -0.05) is 24.3 Å². The maximum absolute atomic E-state index is 12.9. The number of aryl methyl sites for hydroxylation is 1. The third-order valence-electron chi connectivity index (χ3n) is 4.10. The summed E-state index contributed by atoms with van der Waals surface area (Å²) in [6.45, 7) is 5.86. The van der Waals surface area contributed by atoms with Crippen LogP contribution in [0.25, 0.3) is 6.08 Å². The van der Waals surface area contributed by atoms with E-state index in [9.17, 15) is 4.79 Å². The Bertz CT molecular complexity index is 921. The van der Waals surface area contributed by atoms with Crippen LogP contribution >= 0.6 is 12.2 Å². The lowest BCUT2D eigenvalue weighted by atomic mass is 10.1. The monoisotopic (exact) mass is 382 g/mol. The molecule has 1 heterocycles. The van der Waals surface area contributed by atoms with Gasteiger partial charge >= 0.3 is 0 Å². The zero-order chi connectivity index (χ0) is 19.6. The molecule has 0 atom stereocenters. The summed E-state index contributed by atoms with van der Waals surface area (Å²) in [4.78, 5) is 14.4. The van der Waals surface area contributed by atoms with Gasteiger partial charge in [-0.15, -0.1) is 0 Å². The first-order chi connectivity index (χ1) is 12.9. The first kappa shape index (κ1) is 18.9. The van der Waals surface area contributed by atoms with Crippen LogP contribution < -0.4 is 19.7 Å². The van der Waals surface area contributed by atoms with Gasteiger partial charge < -0.3 is 14.8 Å². The number of ether oxygens (including phenoxy) is 2. The second kappa shape index (κ2) is 7.80. The van der Waals surface area contributed by atoms with Crippen LogP contribution in [0.15, 0.2) is 48.2 Å². The molecule has 140 valence electrons. The van der Waals surface area contributed by atoms with Crippen molar-refractivity contribution in [1.82, 2.24) is 5.32 Å². The zero-order valence-corrected chi connectivity index (χ0v) is 16.6. The number of nitrogens with zero attached hydrogens (tertiary/aromatic N) is 1. The highest BCUT2D eigenvalue weighted by atomic mass is 32.1. The normalized spacial score (nSPS) is 15.4. The number of anilines is 1. The molecule has 2 aromatic carbocycles. The molecule has 3 rings (SSSR count). The van der Waals surface area contributed by atoms with Gasteiger partial charge in [-0.05, 0) is 68.4 Å². The first-order valence-electron chi connectivity index (χ1n) is 8.68. The summed E-state index contributed by atoms with van der Waals surface area (Å²) in [5.41, 5.74) is 2.99. The molecule has 5 nitrogen and oxygen atoms in total. The molecule has 1 fully saturated rings. The molecule has 1 amide bonds. The molecule has 0 aromatic heterocycles. The summed E-state index contributed by atoms with van der Waals surface area (Å²) in [7, 11) is 1.59. The van der Waals surface area contributed by atoms with E-state index in [-0.39, 0.29) is 12.0 Å². The van der Waals surface area contributed by atoms with E-state index in [2.05, 4.69) is 5.32 Å². The van der Waals surface area contributed by atoms with Crippen LogP contribution in [-0.2, 0) is 4.79 Å². The standard InChI is InChI=1S/C21H22N2O3S/c1-13(2)26-18-10-9-15(12-19(18)25-4)11-16-20(24)23(21(27)22-16)17-8-6-5-7-14(17)3/h5-13H,1-4H3,(H,22,27)/b16-11-. The Hall–Kier alpha value is -2.86. The number of amides is 1. The number of hydrogen-bond acceptors (Lipinski definition) is 4. The Balaban J connectivity index is 1.91. The van der Waals surface area contributed by atoms with Crippen LogP contribution in [-0.4, -0.2) is 24.2 Å². The molecule has 1 aliphatic heterocycles. The summed E-state index contributed by atoms with van der Waals surface area (Å²) in [6, 6.07) is 13.2. The number of nitrogens with one attached hydrogen (secondary N) is 1. The van der Waals surface area contributed by atoms with E-state index >= 15 is 0 Å². The second-order valence-electron chi connectivity index (χ2n) is 6.49. The number of methoxy groups -OCH3 is 1. The molecule has 6 heteroatoms. The Morgan fingerprint density at radius 1 is 1.15 bits per heavy atom. The fraction of sp³-hybridized carbons (Fsp3) is 0.238. The van der Waals surface area contributed by atoms with Crippen molar-refractivity contribution < 1.29 is 14.3 Å². The largest absolute Gasteiger partial charge is 0.493 e. The van der Waals surface area contributed by atoms with Crippen molar-refractivity contribution >= 4 is 35.0 Å². The lowest BCUT2D eigenvalue weighted by Gasteiger charge is -2.16. The number of rotatable bonds is 5. The Labute approximate surface area is 164 Å². The first-order valence-corrected chi connectivity index (χ1v) is 9.09. The van der Waals surface area contributed by atoms with E-state index in [1.165, 1.54) is 4.90 Å². The van der Waals surface area contributed by atoms with Gasteiger partial charge in [0.2, 0.25) is 0 Å². The van der Waals surface area contributed by atoms with Crippen LogP contribution in [0.4, 0.5) is 5.69 Å². The van der Waals surface area contributed by atoms with Crippen LogP contribution in [0.3, 0.4) is 0 Å². The van der Waals surface area contributed by atoms with Crippen LogP contribution in [0.1, 0.15) is 25.0 Å². The van der Waals surface area contributed by atoms with Crippen molar-refractivity contribution in [2.24, 2.45) is 0 Å². The van der Waals surface area contributed by atoms with Crippen LogP contribution in [0, 0.1) is 6.92 Å². The number of benzene rings is 2. The molecule has 0 aliphatic carbocycles. The number of carbonyl (C=O) groups excluding carboxylic acids is 1. The minimum absolute atomic E-state index is 0.0428. The fourth-order valence-corrected chi connectivity index (χ4v) is 3.15. The minimum Gasteiger partial charge on any atom is -0.493 e. The van der Waals surface area contributed by atoms with Gasteiger partial charge in [-0.2, -0.15) is 0 Å². The molecule has 0 unspecified atom stereocenters. The fourth-order valence-electron chi connectivity index (χ4n) is 2.86. The number of hydrogen-bond donors (Lipinski definition) is 1. The Kier molecular flexibility index (Phi) is 5.46. The summed E-state index contributed by atoms with van der Waals surface area (Å²) >= 11 is 5.38. The van der Waals surface area contributed by atoms with Crippen molar-refractivity contribution in [3.63, 3.8) is 0 Å². The molecule has 1 N–H and O–H groups in total. The van der Waals surface area contributed by atoms with Gasteiger partial charge in [0.15, 0.2) is 16.6 Å². The topological polar surface area (TPSA) is 50.8 Å². The predicted octanol–water partition coefficient (Wildman–Crippen LogP) is 4.05. The second-order valence-corrected chi connectivity index (χ2v) is 6.88. The van der Waals surface area contributed by atoms with E-state index in [1.807, 2.05) is 63.2 Å². The van der Waals surface area contributed by atoms with Gasteiger partial charge in [0.05, 0.1) is 18.9 Å². The molecule has 0 radical (unpaired) electrons. The highest BCUT2D eigenvalue weighted by molar-refractivity contribution is 7.80. The third kappa shape index (κ3) is 3.95. The maximum atomic E-state index is 12.9. The molecule has 1 saturated heterocycles. The Morgan fingerprint density at radius 2 is 1.89 bits per heavy atom. The lowest BCUT2D eigenvalue weighted by Crippen LogP contribution is -2.30. The van der Waals surface area contributed by atoms with Crippen molar-refractivity contribution in [2.75, 3.05) is 12.0 Å². The Morgan fingerprint density at radius 3 is 2.56 bits per heavy atom. The van der Waals surface area contributed by atoms with Crippen molar-refractivity contribution in [1.29, 1.82) is 0 Å². The van der Waals surface area contributed by atoms with E-state index < -0.39 is 0 Å². The third-order valence-corrected chi connectivity index (χ3v) is 4.38. The quantitative estimate of drug-likeness (QED) is 0.624. The van der Waals surface area contributed by atoms with E-state index in [4.69, 9.17) is 21.7 Å². The van der Waals surface area contributed by atoms with Crippen molar-refractivity contribution in [3.05, 3.63) is 59.3 Å². The molecule has 0 bridgehead atoms.